The number of hydrogen-bond acceptors (Lipinski definition) is 2. The number of piperidine rings is 1. The van der Waals surface area contributed by atoms with Gasteiger partial charge in [-0.15, -0.1) is 0 Å². The number of nitrogens with zero attached hydrogens (tertiary/aromatic N) is 2. The number of rotatable bonds is 3. The molecule has 2 aromatic rings. The zero-order chi connectivity index (χ0) is 19.3. The third kappa shape index (κ3) is 2.83. The van der Waals surface area contributed by atoms with Crippen LogP contribution in [-0.2, 0) is 11.2 Å². The first-order chi connectivity index (χ1) is 13.6. The molecule has 144 valence electrons. The average Bonchev–Trinajstić information content (AvgIpc) is 3.29. The summed E-state index contributed by atoms with van der Waals surface area (Å²) >= 11 is 0. The van der Waals surface area contributed by atoms with Crippen molar-refractivity contribution in [3.05, 3.63) is 59.4 Å². The van der Waals surface area contributed by atoms with Gasteiger partial charge in [-0.2, -0.15) is 0 Å². The van der Waals surface area contributed by atoms with Crippen molar-refractivity contribution >= 4 is 17.3 Å². The molecule has 3 nitrogen and oxygen atoms in total. The van der Waals surface area contributed by atoms with Crippen molar-refractivity contribution in [3.63, 3.8) is 0 Å². The molecule has 28 heavy (non-hydrogen) atoms. The van der Waals surface area contributed by atoms with E-state index in [0.717, 1.165) is 41.9 Å². The Kier molecular flexibility index (Phi) is 4.22. The van der Waals surface area contributed by atoms with Crippen LogP contribution in [0.3, 0.4) is 0 Å². The van der Waals surface area contributed by atoms with Crippen LogP contribution in [0.4, 0.5) is 15.8 Å². The van der Waals surface area contributed by atoms with Crippen molar-refractivity contribution in [1.29, 1.82) is 0 Å². The van der Waals surface area contributed by atoms with E-state index in [1.54, 1.807) is 5.57 Å². The van der Waals surface area contributed by atoms with E-state index in [1.807, 2.05) is 24.0 Å². The van der Waals surface area contributed by atoms with Crippen molar-refractivity contribution in [2.75, 3.05) is 29.4 Å². The molecule has 2 aromatic carbocycles. The van der Waals surface area contributed by atoms with E-state index in [0.29, 0.717) is 18.9 Å². The van der Waals surface area contributed by atoms with Gasteiger partial charge in [-0.25, -0.2) is 4.39 Å². The van der Waals surface area contributed by atoms with Gasteiger partial charge in [-0.1, -0.05) is 23.8 Å². The number of carbonyl (C=O) groups is 1. The summed E-state index contributed by atoms with van der Waals surface area (Å²) in [6.45, 7) is 4.72. The summed E-state index contributed by atoms with van der Waals surface area (Å²) in [6.07, 6.45) is 6.45. The van der Waals surface area contributed by atoms with Crippen LogP contribution in [0.5, 0.6) is 0 Å². The second-order valence-corrected chi connectivity index (χ2v) is 8.07. The molecule has 0 unspecified atom stereocenters. The maximum atomic E-state index is 13.5. The second-order valence-electron chi connectivity index (χ2n) is 8.07. The van der Waals surface area contributed by atoms with Crippen LogP contribution in [-0.4, -0.2) is 25.5 Å². The smallest absolute Gasteiger partial charge is 0.231 e. The van der Waals surface area contributed by atoms with Gasteiger partial charge in [-0.05, 0) is 67.5 Å². The number of allylic oxidation sites excluding steroid dienone is 1. The summed E-state index contributed by atoms with van der Waals surface area (Å²) < 4.78 is 13.5. The van der Waals surface area contributed by atoms with E-state index < -0.39 is 0 Å². The summed E-state index contributed by atoms with van der Waals surface area (Å²) in [4.78, 5) is 16.8. The lowest BCUT2D eigenvalue weighted by molar-refractivity contribution is -0.117. The molecule has 0 radical (unpaired) electrons. The normalized spacial score (nSPS) is 21.0. The highest BCUT2D eigenvalue weighted by Crippen LogP contribution is 2.43. The number of benzene rings is 2. The van der Waals surface area contributed by atoms with E-state index in [9.17, 15) is 9.18 Å². The number of likely N-dealkylation sites (N-methyl/N-ethyl adjacent to an activating group) is 1. The number of anilines is 2. The Bertz CT molecular complexity index is 963. The molecule has 1 saturated heterocycles. The first-order valence-corrected chi connectivity index (χ1v) is 10.3. The van der Waals surface area contributed by atoms with Gasteiger partial charge in [-0.3, -0.25) is 4.79 Å². The first-order valence-electron chi connectivity index (χ1n) is 10.3. The molecule has 1 amide bonds. The highest BCUT2D eigenvalue weighted by molar-refractivity contribution is 6.03. The fourth-order valence-corrected chi connectivity index (χ4v) is 5.05. The SMILES string of the molecule is CCN1C(=O)Cc2cc(N3CCC4=CCC[C@@H]4C3)c(-c3ccc(F)cc3)cc21. The molecule has 2 heterocycles. The van der Waals surface area contributed by atoms with Gasteiger partial charge in [0, 0.05) is 36.6 Å². The Morgan fingerprint density at radius 3 is 2.75 bits per heavy atom. The maximum Gasteiger partial charge on any atom is 0.231 e. The Morgan fingerprint density at radius 1 is 1.14 bits per heavy atom. The minimum absolute atomic E-state index is 0.166. The molecular weight excluding hydrogens is 351 g/mol. The van der Waals surface area contributed by atoms with Crippen molar-refractivity contribution in [1.82, 2.24) is 0 Å². The van der Waals surface area contributed by atoms with Gasteiger partial charge in [0.05, 0.1) is 6.42 Å². The number of carbonyl (C=O) groups excluding carboxylic acids is 1. The minimum atomic E-state index is -0.226. The second kappa shape index (κ2) is 6.77. The molecule has 2 aliphatic heterocycles. The van der Waals surface area contributed by atoms with Crippen molar-refractivity contribution in [3.8, 4) is 11.1 Å². The van der Waals surface area contributed by atoms with Gasteiger partial charge in [0.25, 0.3) is 0 Å². The molecule has 4 heteroatoms. The summed E-state index contributed by atoms with van der Waals surface area (Å²) in [6, 6.07) is 11.1. The van der Waals surface area contributed by atoms with Gasteiger partial charge < -0.3 is 9.80 Å². The third-order valence-corrected chi connectivity index (χ3v) is 6.50. The van der Waals surface area contributed by atoms with Crippen LogP contribution < -0.4 is 9.80 Å². The van der Waals surface area contributed by atoms with E-state index in [2.05, 4.69) is 23.1 Å². The van der Waals surface area contributed by atoms with Crippen molar-refractivity contribution in [2.45, 2.75) is 32.6 Å². The van der Waals surface area contributed by atoms with E-state index in [-0.39, 0.29) is 11.7 Å². The van der Waals surface area contributed by atoms with Crippen LogP contribution in [0.25, 0.3) is 11.1 Å². The number of hydrogen-bond donors (Lipinski definition) is 0. The van der Waals surface area contributed by atoms with Crippen molar-refractivity contribution in [2.24, 2.45) is 5.92 Å². The topological polar surface area (TPSA) is 23.6 Å². The highest BCUT2D eigenvalue weighted by Gasteiger charge is 2.31. The quantitative estimate of drug-likeness (QED) is 0.708. The minimum Gasteiger partial charge on any atom is -0.370 e. The Labute approximate surface area is 165 Å². The first kappa shape index (κ1) is 17.5. The predicted octanol–water partition coefficient (Wildman–Crippen LogP) is 4.95. The van der Waals surface area contributed by atoms with Crippen LogP contribution in [0, 0.1) is 11.7 Å². The van der Waals surface area contributed by atoms with Gasteiger partial charge >= 0.3 is 0 Å². The predicted molar refractivity (Wildman–Crippen MR) is 111 cm³/mol. The summed E-state index contributed by atoms with van der Waals surface area (Å²) in [5, 5.41) is 0. The zero-order valence-corrected chi connectivity index (χ0v) is 16.2. The molecule has 0 spiro atoms. The Balaban J connectivity index is 1.61. The van der Waals surface area contributed by atoms with E-state index >= 15 is 0 Å². The fourth-order valence-electron chi connectivity index (χ4n) is 5.05. The lowest BCUT2D eigenvalue weighted by atomic mass is 9.92. The van der Waals surface area contributed by atoms with E-state index in [1.165, 1.54) is 30.7 Å². The molecular formula is C24H25FN2O. The number of halogens is 1. The molecule has 1 aliphatic carbocycles. The monoisotopic (exact) mass is 376 g/mol. The molecule has 5 rings (SSSR count). The molecule has 0 N–H and O–H groups in total. The van der Waals surface area contributed by atoms with Crippen LogP contribution in [0.15, 0.2) is 48.0 Å². The van der Waals surface area contributed by atoms with Crippen molar-refractivity contribution < 1.29 is 9.18 Å². The van der Waals surface area contributed by atoms with Gasteiger partial charge in [0.2, 0.25) is 5.91 Å². The van der Waals surface area contributed by atoms with Crippen LogP contribution in [0.2, 0.25) is 0 Å². The Hall–Kier alpha value is -2.62. The molecule has 1 fully saturated rings. The fraction of sp³-hybridized carbons (Fsp3) is 0.375. The lowest BCUT2D eigenvalue weighted by Gasteiger charge is -2.36. The number of amides is 1. The van der Waals surface area contributed by atoms with Crippen LogP contribution in [0.1, 0.15) is 31.7 Å². The zero-order valence-electron chi connectivity index (χ0n) is 16.2. The van der Waals surface area contributed by atoms with Gasteiger partial charge in [0.1, 0.15) is 5.82 Å². The summed E-state index contributed by atoms with van der Waals surface area (Å²) in [7, 11) is 0. The lowest BCUT2D eigenvalue weighted by Crippen LogP contribution is -2.36. The molecule has 0 aromatic heterocycles. The van der Waals surface area contributed by atoms with Gasteiger partial charge in [0.15, 0.2) is 0 Å². The molecule has 0 bridgehead atoms. The summed E-state index contributed by atoms with van der Waals surface area (Å²) in [5.74, 6) is 0.590. The highest BCUT2D eigenvalue weighted by atomic mass is 19.1. The standard InChI is InChI=1S/C24H25FN2O/c1-2-27-22-14-21(17-6-8-20(25)9-7-17)23(12-19(22)13-24(27)28)26-11-10-16-4-3-5-18(16)15-26/h4,6-9,12,14,18H,2-3,5,10-11,13,15H2,1H3/t18-/m1/s1. The third-order valence-electron chi connectivity index (χ3n) is 6.50. The largest absolute Gasteiger partial charge is 0.370 e. The molecule has 3 aliphatic rings. The summed E-state index contributed by atoms with van der Waals surface area (Å²) in [5.41, 5.74) is 7.02. The van der Waals surface area contributed by atoms with Crippen LogP contribution >= 0.6 is 0 Å². The Morgan fingerprint density at radius 2 is 1.96 bits per heavy atom. The maximum absolute atomic E-state index is 13.5. The molecule has 1 atom stereocenters. The number of fused-ring (bicyclic) bond motifs is 2. The van der Waals surface area contributed by atoms with E-state index in [4.69, 9.17) is 0 Å². The molecule has 0 saturated carbocycles. The average molecular weight is 376 g/mol.